The third kappa shape index (κ3) is 4.97. The number of carbonyl (C=O) groups excluding carboxylic acids is 1. The van der Waals surface area contributed by atoms with Crippen LogP contribution < -0.4 is 10.6 Å². The van der Waals surface area contributed by atoms with Crippen molar-refractivity contribution in [3.05, 3.63) is 65.2 Å². The average Bonchev–Trinajstić information content (AvgIpc) is 3.15. The molecule has 0 saturated heterocycles. The number of fused-ring (bicyclic) bond motifs is 1. The first-order chi connectivity index (χ1) is 14.1. The molecule has 29 heavy (non-hydrogen) atoms. The molecule has 0 spiro atoms. The SMILES string of the molecule is Cc1cccc(Nc2nnc(S[C@@H](C)C(=O)N[C@@H]3CCCc4ccccc43)s2)c1. The predicted molar refractivity (Wildman–Crippen MR) is 120 cm³/mol. The molecular weight excluding hydrogens is 400 g/mol. The van der Waals surface area contributed by atoms with Crippen LogP contribution in [0.4, 0.5) is 10.8 Å². The lowest BCUT2D eigenvalue weighted by molar-refractivity contribution is -0.121. The van der Waals surface area contributed by atoms with Gasteiger partial charge >= 0.3 is 0 Å². The second kappa shape index (κ2) is 8.97. The van der Waals surface area contributed by atoms with E-state index >= 15 is 0 Å². The van der Waals surface area contributed by atoms with Crippen molar-refractivity contribution in [1.82, 2.24) is 15.5 Å². The van der Waals surface area contributed by atoms with Crippen LogP contribution in [-0.2, 0) is 11.2 Å². The van der Waals surface area contributed by atoms with E-state index in [0.29, 0.717) is 0 Å². The molecule has 2 N–H and O–H groups in total. The van der Waals surface area contributed by atoms with Crippen LogP contribution in [0.3, 0.4) is 0 Å². The summed E-state index contributed by atoms with van der Waals surface area (Å²) in [5.74, 6) is 0.0418. The van der Waals surface area contributed by atoms with Crippen molar-refractivity contribution in [2.75, 3.05) is 5.32 Å². The highest BCUT2D eigenvalue weighted by atomic mass is 32.2. The number of rotatable bonds is 6. The van der Waals surface area contributed by atoms with Crippen LogP contribution in [0.1, 0.15) is 42.5 Å². The van der Waals surface area contributed by atoms with Gasteiger partial charge in [0.1, 0.15) is 0 Å². The van der Waals surface area contributed by atoms with Crippen LogP contribution >= 0.6 is 23.1 Å². The number of aryl methyl sites for hydroxylation is 2. The van der Waals surface area contributed by atoms with Crippen LogP contribution in [0.2, 0.25) is 0 Å². The molecule has 7 heteroatoms. The lowest BCUT2D eigenvalue weighted by Gasteiger charge is -2.27. The Balaban J connectivity index is 1.35. The molecule has 150 valence electrons. The molecule has 2 aromatic carbocycles. The number of hydrogen-bond donors (Lipinski definition) is 2. The Hall–Kier alpha value is -2.38. The molecule has 1 aliphatic carbocycles. The fourth-order valence-electron chi connectivity index (χ4n) is 3.55. The molecule has 4 rings (SSSR count). The van der Waals surface area contributed by atoms with E-state index in [-0.39, 0.29) is 17.2 Å². The number of aromatic nitrogens is 2. The van der Waals surface area contributed by atoms with Crippen molar-refractivity contribution >= 4 is 39.8 Å². The molecule has 3 aromatic rings. The van der Waals surface area contributed by atoms with Crippen molar-refractivity contribution in [3.63, 3.8) is 0 Å². The topological polar surface area (TPSA) is 66.9 Å². The number of nitrogens with one attached hydrogen (secondary N) is 2. The van der Waals surface area contributed by atoms with Crippen LogP contribution in [0.15, 0.2) is 52.9 Å². The van der Waals surface area contributed by atoms with Gasteiger partial charge in [-0.1, -0.05) is 59.5 Å². The number of carbonyl (C=O) groups is 1. The van der Waals surface area contributed by atoms with Gasteiger partial charge in [-0.2, -0.15) is 0 Å². The molecule has 0 aliphatic heterocycles. The third-order valence-electron chi connectivity index (χ3n) is 5.01. The Morgan fingerprint density at radius 2 is 2.07 bits per heavy atom. The second-order valence-electron chi connectivity index (χ2n) is 7.28. The molecule has 1 amide bonds. The van der Waals surface area contributed by atoms with Crippen molar-refractivity contribution in [2.45, 2.75) is 48.7 Å². The molecule has 0 fully saturated rings. The molecule has 1 aliphatic rings. The van der Waals surface area contributed by atoms with E-state index in [1.165, 1.54) is 39.8 Å². The van der Waals surface area contributed by atoms with Crippen LogP contribution in [-0.4, -0.2) is 21.4 Å². The quantitative estimate of drug-likeness (QED) is 0.528. The number of hydrogen-bond acceptors (Lipinski definition) is 6. The smallest absolute Gasteiger partial charge is 0.233 e. The highest BCUT2D eigenvalue weighted by molar-refractivity contribution is 8.02. The summed E-state index contributed by atoms with van der Waals surface area (Å²) < 4.78 is 0.784. The summed E-state index contributed by atoms with van der Waals surface area (Å²) in [6, 6.07) is 16.6. The van der Waals surface area contributed by atoms with E-state index in [1.807, 2.05) is 25.1 Å². The molecule has 0 radical (unpaired) electrons. The summed E-state index contributed by atoms with van der Waals surface area (Å²) in [5, 5.41) is 15.4. The summed E-state index contributed by atoms with van der Waals surface area (Å²) in [6.07, 6.45) is 3.19. The fraction of sp³-hybridized carbons (Fsp3) is 0.318. The van der Waals surface area contributed by atoms with E-state index in [4.69, 9.17) is 0 Å². The maximum atomic E-state index is 12.8. The Morgan fingerprint density at radius 3 is 2.93 bits per heavy atom. The molecule has 2 atom stereocenters. The second-order valence-corrected chi connectivity index (χ2v) is 9.85. The van der Waals surface area contributed by atoms with E-state index < -0.39 is 0 Å². The molecule has 0 bridgehead atoms. The largest absolute Gasteiger partial charge is 0.348 e. The van der Waals surface area contributed by atoms with Gasteiger partial charge in [0.05, 0.1) is 11.3 Å². The minimum Gasteiger partial charge on any atom is -0.348 e. The van der Waals surface area contributed by atoms with E-state index in [9.17, 15) is 4.79 Å². The Kier molecular flexibility index (Phi) is 6.16. The van der Waals surface area contributed by atoms with Gasteiger partial charge < -0.3 is 10.6 Å². The van der Waals surface area contributed by atoms with E-state index in [2.05, 4.69) is 58.1 Å². The van der Waals surface area contributed by atoms with Crippen molar-refractivity contribution < 1.29 is 4.79 Å². The number of nitrogens with zero attached hydrogens (tertiary/aromatic N) is 2. The van der Waals surface area contributed by atoms with E-state index in [0.717, 1.165) is 34.4 Å². The first kappa shape index (κ1) is 19.9. The number of thioether (sulfide) groups is 1. The van der Waals surface area contributed by atoms with Gasteiger partial charge in [0.25, 0.3) is 0 Å². The highest BCUT2D eigenvalue weighted by Crippen LogP contribution is 2.33. The number of amides is 1. The van der Waals surface area contributed by atoms with Crippen LogP contribution in [0.25, 0.3) is 0 Å². The Bertz CT molecular complexity index is 1000. The summed E-state index contributed by atoms with van der Waals surface area (Å²) >= 11 is 2.91. The number of anilines is 2. The zero-order valence-corrected chi connectivity index (χ0v) is 18.1. The predicted octanol–water partition coefficient (Wildman–Crippen LogP) is 5.26. The van der Waals surface area contributed by atoms with Gasteiger partial charge in [0.2, 0.25) is 11.0 Å². The van der Waals surface area contributed by atoms with Crippen molar-refractivity contribution in [3.8, 4) is 0 Å². The van der Waals surface area contributed by atoms with Crippen molar-refractivity contribution in [1.29, 1.82) is 0 Å². The monoisotopic (exact) mass is 424 g/mol. The summed E-state index contributed by atoms with van der Waals surface area (Å²) in [5.41, 5.74) is 4.77. The Labute approximate surface area is 179 Å². The summed E-state index contributed by atoms with van der Waals surface area (Å²) in [6.45, 7) is 3.97. The summed E-state index contributed by atoms with van der Waals surface area (Å²) in [7, 11) is 0. The number of benzene rings is 2. The van der Waals surface area contributed by atoms with E-state index in [1.54, 1.807) is 0 Å². The zero-order valence-electron chi connectivity index (χ0n) is 16.5. The lowest BCUT2D eigenvalue weighted by Crippen LogP contribution is -2.35. The summed E-state index contributed by atoms with van der Waals surface area (Å²) in [4.78, 5) is 12.8. The van der Waals surface area contributed by atoms with Crippen LogP contribution in [0, 0.1) is 6.92 Å². The normalized spacial score (nSPS) is 16.7. The van der Waals surface area contributed by atoms with Gasteiger partial charge in [0.15, 0.2) is 4.34 Å². The fourth-order valence-corrected chi connectivity index (χ4v) is 5.48. The first-order valence-electron chi connectivity index (χ1n) is 9.80. The standard InChI is InChI=1S/C22H24N4OS2/c1-14-7-5-10-17(13-14)23-21-25-26-22(29-21)28-15(2)20(27)24-19-12-6-9-16-8-3-4-11-18(16)19/h3-5,7-8,10-11,13,15,19H,6,9,12H2,1-2H3,(H,23,25)(H,24,27)/t15-,19+/m0/s1. The minimum atomic E-state index is -0.233. The molecular formula is C22H24N4OS2. The van der Waals surface area contributed by atoms with Gasteiger partial charge in [-0.05, 0) is 61.9 Å². The van der Waals surface area contributed by atoms with Gasteiger partial charge in [0, 0.05) is 5.69 Å². The molecule has 1 aromatic heterocycles. The molecule has 1 heterocycles. The molecule has 0 unspecified atom stereocenters. The average molecular weight is 425 g/mol. The van der Waals surface area contributed by atoms with Gasteiger partial charge in [-0.15, -0.1) is 10.2 Å². The van der Waals surface area contributed by atoms with Crippen LogP contribution in [0.5, 0.6) is 0 Å². The zero-order chi connectivity index (χ0) is 20.2. The maximum Gasteiger partial charge on any atom is 0.233 e. The van der Waals surface area contributed by atoms with Crippen molar-refractivity contribution in [2.24, 2.45) is 0 Å². The third-order valence-corrected chi connectivity index (χ3v) is 7.03. The lowest BCUT2D eigenvalue weighted by atomic mass is 9.88. The highest BCUT2D eigenvalue weighted by Gasteiger charge is 2.24. The molecule has 5 nitrogen and oxygen atoms in total. The Morgan fingerprint density at radius 1 is 1.21 bits per heavy atom. The van der Waals surface area contributed by atoms with Gasteiger partial charge in [-0.25, -0.2) is 0 Å². The maximum absolute atomic E-state index is 12.8. The minimum absolute atomic E-state index is 0.0418. The van der Waals surface area contributed by atoms with Gasteiger partial charge in [-0.3, -0.25) is 4.79 Å². The molecule has 0 saturated carbocycles. The first-order valence-corrected chi connectivity index (χ1v) is 11.5.